The Kier molecular flexibility index (Phi) is 6.45. The van der Waals surface area contributed by atoms with Crippen LogP contribution in [0.3, 0.4) is 0 Å². The van der Waals surface area contributed by atoms with E-state index in [1.165, 1.54) is 5.56 Å². The van der Waals surface area contributed by atoms with Crippen LogP contribution >= 0.6 is 0 Å². The standard InChI is InChI=1S/C27H31N7O2/c1-18-5-4-6-20(13-18)23-16-25(32(3)31-23)30-21-9-12-34-24(15-21)22(17-29-34)27(36)33-10-7-19(8-11-33)14-26(35)28-2/h4-6,9,12-13,15-17,19,30H,7-8,10-11,14H2,1-3H3,(H,28,35). The zero-order valence-corrected chi connectivity index (χ0v) is 20.9. The van der Waals surface area contributed by atoms with Gasteiger partial charge in [0, 0.05) is 57.1 Å². The van der Waals surface area contributed by atoms with Gasteiger partial charge in [0.15, 0.2) is 0 Å². The van der Waals surface area contributed by atoms with E-state index >= 15 is 0 Å². The Morgan fingerprint density at radius 3 is 2.67 bits per heavy atom. The summed E-state index contributed by atoms with van der Waals surface area (Å²) in [6.45, 7) is 3.36. The maximum Gasteiger partial charge on any atom is 0.257 e. The molecule has 9 heteroatoms. The normalized spacial score (nSPS) is 14.2. The smallest absolute Gasteiger partial charge is 0.257 e. The molecule has 5 rings (SSSR count). The van der Waals surface area contributed by atoms with Gasteiger partial charge in [-0.2, -0.15) is 10.2 Å². The average Bonchev–Trinajstić information content (AvgIpc) is 3.47. The molecule has 1 aromatic carbocycles. The molecule has 0 spiro atoms. The second-order valence-corrected chi connectivity index (χ2v) is 9.45. The van der Waals surface area contributed by atoms with Crippen molar-refractivity contribution in [2.75, 3.05) is 25.5 Å². The highest BCUT2D eigenvalue weighted by Crippen LogP contribution is 2.27. The summed E-state index contributed by atoms with van der Waals surface area (Å²) in [4.78, 5) is 26.9. The van der Waals surface area contributed by atoms with Gasteiger partial charge in [0.25, 0.3) is 5.91 Å². The molecule has 186 valence electrons. The van der Waals surface area contributed by atoms with E-state index < -0.39 is 0 Å². The summed E-state index contributed by atoms with van der Waals surface area (Å²) < 4.78 is 3.53. The first kappa shape index (κ1) is 23.6. The van der Waals surface area contributed by atoms with Crippen LogP contribution in [0, 0.1) is 12.8 Å². The molecule has 0 unspecified atom stereocenters. The van der Waals surface area contributed by atoms with Crippen molar-refractivity contribution in [3.8, 4) is 11.3 Å². The molecule has 0 saturated carbocycles. The van der Waals surface area contributed by atoms with Gasteiger partial charge in [-0.15, -0.1) is 0 Å². The van der Waals surface area contributed by atoms with E-state index in [9.17, 15) is 9.59 Å². The lowest BCUT2D eigenvalue weighted by molar-refractivity contribution is -0.121. The van der Waals surface area contributed by atoms with Crippen LogP contribution in [0.5, 0.6) is 0 Å². The number of nitrogens with zero attached hydrogens (tertiary/aromatic N) is 5. The fourth-order valence-corrected chi connectivity index (χ4v) is 4.78. The molecular weight excluding hydrogens is 454 g/mol. The molecule has 0 aliphatic carbocycles. The molecular formula is C27H31N7O2. The van der Waals surface area contributed by atoms with Crippen LogP contribution in [0.15, 0.2) is 54.9 Å². The van der Waals surface area contributed by atoms with Gasteiger partial charge in [-0.1, -0.05) is 23.8 Å². The number of rotatable bonds is 6. The summed E-state index contributed by atoms with van der Waals surface area (Å²) in [6, 6.07) is 14.2. The minimum absolute atomic E-state index is 0.0252. The van der Waals surface area contributed by atoms with Crippen molar-refractivity contribution in [2.45, 2.75) is 26.2 Å². The van der Waals surface area contributed by atoms with Crippen molar-refractivity contribution in [1.29, 1.82) is 0 Å². The Hall–Kier alpha value is -4.14. The third-order valence-corrected chi connectivity index (χ3v) is 6.87. The second kappa shape index (κ2) is 9.85. The number of hydrogen-bond acceptors (Lipinski definition) is 5. The summed E-state index contributed by atoms with van der Waals surface area (Å²) in [5, 5.41) is 15.2. The predicted octanol–water partition coefficient (Wildman–Crippen LogP) is 3.78. The zero-order chi connectivity index (χ0) is 25.2. The lowest BCUT2D eigenvalue weighted by Crippen LogP contribution is -2.39. The molecule has 1 saturated heterocycles. The Bertz CT molecular complexity index is 1410. The largest absolute Gasteiger partial charge is 0.359 e. The average molecular weight is 486 g/mol. The highest BCUT2D eigenvalue weighted by Gasteiger charge is 2.26. The summed E-state index contributed by atoms with van der Waals surface area (Å²) >= 11 is 0. The minimum Gasteiger partial charge on any atom is -0.359 e. The predicted molar refractivity (Wildman–Crippen MR) is 139 cm³/mol. The number of piperidine rings is 1. The van der Waals surface area contributed by atoms with Crippen LogP contribution in [0.25, 0.3) is 16.8 Å². The number of carbonyl (C=O) groups excluding carboxylic acids is 2. The van der Waals surface area contributed by atoms with E-state index in [-0.39, 0.29) is 11.8 Å². The number of fused-ring (bicyclic) bond motifs is 1. The Balaban J connectivity index is 1.32. The van der Waals surface area contributed by atoms with Crippen LogP contribution in [-0.2, 0) is 11.8 Å². The van der Waals surface area contributed by atoms with E-state index in [4.69, 9.17) is 0 Å². The fourth-order valence-electron chi connectivity index (χ4n) is 4.78. The maximum atomic E-state index is 13.3. The number of hydrogen-bond donors (Lipinski definition) is 2. The summed E-state index contributed by atoms with van der Waals surface area (Å²) in [7, 11) is 3.56. The first-order valence-corrected chi connectivity index (χ1v) is 12.3. The number of benzene rings is 1. The van der Waals surface area contributed by atoms with Crippen molar-refractivity contribution in [1.82, 2.24) is 29.6 Å². The van der Waals surface area contributed by atoms with Gasteiger partial charge in [0.05, 0.1) is 23.0 Å². The number of nitrogens with one attached hydrogen (secondary N) is 2. The highest BCUT2D eigenvalue weighted by atomic mass is 16.2. The molecule has 2 N–H and O–H groups in total. The SMILES string of the molecule is CNC(=O)CC1CCN(C(=O)c2cnn3ccc(Nc4cc(-c5cccc(C)c5)nn4C)cc23)CC1. The molecule has 4 aromatic rings. The van der Waals surface area contributed by atoms with E-state index in [0.717, 1.165) is 41.1 Å². The van der Waals surface area contributed by atoms with E-state index in [2.05, 4.69) is 46.0 Å². The van der Waals surface area contributed by atoms with E-state index in [0.29, 0.717) is 31.0 Å². The number of amides is 2. The number of aryl methyl sites for hydroxylation is 2. The van der Waals surface area contributed by atoms with Crippen LogP contribution in [0.2, 0.25) is 0 Å². The van der Waals surface area contributed by atoms with Crippen molar-refractivity contribution in [3.63, 3.8) is 0 Å². The van der Waals surface area contributed by atoms with Crippen LogP contribution < -0.4 is 10.6 Å². The Labute approximate surface area is 210 Å². The van der Waals surface area contributed by atoms with Crippen LogP contribution in [-0.4, -0.2) is 56.2 Å². The quantitative estimate of drug-likeness (QED) is 0.433. The number of likely N-dealkylation sites (tertiary alicyclic amines) is 1. The fraction of sp³-hybridized carbons (Fsp3) is 0.333. The lowest BCUT2D eigenvalue weighted by atomic mass is 9.93. The molecule has 0 atom stereocenters. The molecule has 36 heavy (non-hydrogen) atoms. The number of pyridine rings is 1. The summed E-state index contributed by atoms with van der Waals surface area (Å²) in [5.74, 6) is 1.20. The van der Waals surface area contributed by atoms with Gasteiger partial charge in [-0.25, -0.2) is 4.52 Å². The Morgan fingerprint density at radius 1 is 1.11 bits per heavy atom. The van der Waals surface area contributed by atoms with Gasteiger partial charge in [-0.05, 0) is 43.9 Å². The number of anilines is 2. The van der Waals surface area contributed by atoms with Crippen molar-refractivity contribution in [2.24, 2.45) is 13.0 Å². The first-order valence-electron chi connectivity index (χ1n) is 12.3. The molecule has 2 amide bonds. The topological polar surface area (TPSA) is 96.6 Å². The van der Waals surface area contributed by atoms with Gasteiger partial charge >= 0.3 is 0 Å². The molecule has 9 nitrogen and oxygen atoms in total. The summed E-state index contributed by atoms with van der Waals surface area (Å²) in [5.41, 5.74) is 5.32. The van der Waals surface area contributed by atoms with Gasteiger partial charge in [0.2, 0.25) is 5.91 Å². The van der Waals surface area contributed by atoms with Gasteiger partial charge in [-0.3, -0.25) is 14.3 Å². The first-order chi connectivity index (χ1) is 17.4. The summed E-state index contributed by atoms with van der Waals surface area (Å²) in [6.07, 6.45) is 5.66. The molecule has 0 bridgehead atoms. The minimum atomic E-state index is -0.0252. The van der Waals surface area contributed by atoms with Crippen LogP contribution in [0.4, 0.5) is 11.5 Å². The monoisotopic (exact) mass is 485 g/mol. The van der Waals surface area contributed by atoms with Crippen molar-refractivity contribution >= 4 is 28.8 Å². The molecule has 4 heterocycles. The molecule has 1 aliphatic heterocycles. The van der Waals surface area contributed by atoms with Gasteiger partial charge in [0.1, 0.15) is 5.82 Å². The molecule has 0 radical (unpaired) electrons. The van der Waals surface area contributed by atoms with E-state index in [1.54, 1.807) is 17.8 Å². The molecule has 3 aromatic heterocycles. The number of carbonyl (C=O) groups is 2. The maximum absolute atomic E-state index is 13.3. The second-order valence-electron chi connectivity index (χ2n) is 9.45. The van der Waals surface area contributed by atoms with Crippen LogP contribution in [0.1, 0.15) is 35.2 Å². The zero-order valence-electron chi connectivity index (χ0n) is 20.9. The van der Waals surface area contributed by atoms with Crippen molar-refractivity contribution in [3.05, 3.63) is 66.0 Å². The number of aromatic nitrogens is 4. The molecule has 1 aliphatic rings. The Morgan fingerprint density at radius 2 is 1.92 bits per heavy atom. The third kappa shape index (κ3) is 4.82. The highest BCUT2D eigenvalue weighted by molar-refractivity contribution is 6.01. The molecule has 1 fully saturated rings. The van der Waals surface area contributed by atoms with Gasteiger partial charge < -0.3 is 15.5 Å². The van der Waals surface area contributed by atoms with Crippen molar-refractivity contribution < 1.29 is 9.59 Å². The van der Waals surface area contributed by atoms with E-state index in [1.807, 2.05) is 47.1 Å². The third-order valence-electron chi connectivity index (χ3n) is 6.87. The lowest BCUT2D eigenvalue weighted by Gasteiger charge is -2.31.